The van der Waals surface area contributed by atoms with Crippen LogP contribution in [0.4, 0.5) is 4.39 Å². The lowest BCUT2D eigenvalue weighted by Gasteiger charge is -2.32. The number of hydrogen-bond acceptors (Lipinski definition) is 1. The zero-order valence-electron chi connectivity index (χ0n) is 11.0. The van der Waals surface area contributed by atoms with E-state index in [-0.39, 0.29) is 5.82 Å². The smallest absolute Gasteiger partial charge is 0.131 e. The zero-order valence-corrected chi connectivity index (χ0v) is 11.0. The van der Waals surface area contributed by atoms with Gasteiger partial charge in [-0.05, 0) is 54.9 Å². The van der Waals surface area contributed by atoms with E-state index in [1.165, 1.54) is 48.9 Å². The molecule has 0 aromatic heterocycles. The summed E-state index contributed by atoms with van der Waals surface area (Å²) in [6.07, 6.45) is 5.01. The molecule has 2 aromatic rings. The van der Waals surface area contributed by atoms with Crippen LogP contribution >= 0.6 is 0 Å². The van der Waals surface area contributed by atoms with E-state index in [9.17, 15) is 4.39 Å². The standard InChI is InChI=1S/C17H18FN/c18-15-8-7-12-11-16(19-9-2-1-3-10-19)14-6-4-5-13(15)17(12)14/h4-8,16H,1-3,9-11H2. The van der Waals surface area contributed by atoms with Crippen molar-refractivity contribution in [3.63, 3.8) is 0 Å². The van der Waals surface area contributed by atoms with Crippen LogP contribution in [0, 0.1) is 5.82 Å². The predicted octanol–water partition coefficient (Wildman–Crippen LogP) is 4.06. The molecule has 1 nitrogen and oxygen atoms in total. The second-order valence-corrected chi connectivity index (χ2v) is 5.79. The molecule has 0 spiro atoms. The van der Waals surface area contributed by atoms with Crippen LogP contribution in [-0.2, 0) is 6.42 Å². The van der Waals surface area contributed by atoms with Crippen molar-refractivity contribution >= 4 is 10.8 Å². The number of halogens is 1. The maximum absolute atomic E-state index is 13.9. The molecule has 1 aliphatic carbocycles. The minimum absolute atomic E-state index is 0.0834. The molecule has 98 valence electrons. The van der Waals surface area contributed by atoms with Gasteiger partial charge < -0.3 is 0 Å². The monoisotopic (exact) mass is 255 g/mol. The maximum Gasteiger partial charge on any atom is 0.131 e. The predicted molar refractivity (Wildman–Crippen MR) is 75.8 cm³/mol. The van der Waals surface area contributed by atoms with Crippen molar-refractivity contribution in [3.05, 3.63) is 47.3 Å². The average molecular weight is 255 g/mol. The summed E-state index contributed by atoms with van der Waals surface area (Å²) in [5.41, 5.74) is 2.66. The first-order valence-electron chi connectivity index (χ1n) is 7.28. The van der Waals surface area contributed by atoms with Gasteiger partial charge in [0.25, 0.3) is 0 Å². The molecule has 4 rings (SSSR count). The van der Waals surface area contributed by atoms with Gasteiger partial charge >= 0.3 is 0 Å². The molecular weight excluding hydrogens is 237 g/mol. The molecule has 2 aromatic carbocycles. The van der Waals surface area contributed by atoms with Gasteiger partial charge in [0.1, 0.15) is 5.82 Å². The fourth-order valence-electron chi connectivity index (χ4n) is 3.80. The number of rotatable bonds is 1. The maximum atomic E-state index is 13.9. The lowest BCUT2D eigenvalue weighted by molar-refractivity contribution is 0.166. The van der Waals surface area contributed by atoms with Crippen LogP contribution in [0.2, 0.25) is 0 Å². The van der Waals surface area contributed by atoms with Crippen molar-refractivity contribution in [2.45, 2.75) is 31.7 Å². The Morgan fingerprint density at radius 1 is 1.00 bits per heavy atom. The van der Waals surface area contributed by atoms with E-state index in [0.29, 0.717) is 6.04 Å². The van der Waals surface area contributed by atoms with Crippen molar-refractivity contribution in [2.24, 2.45) is 0 Å². The van der Waals surface area contributed by atoms with Crippen molar-refractivity contribution < 1.29 is 4.39 Å². The van der Waals surface area contributed by atoms with Crippen LogP contribution in [0.25, 0.3) is 10.8 Å². The van der Waals surface area contributed by atoms with Gasteiger partial charge in [-0.25, -0.2) is 4.39 Å². The van der Waals surface area contributed by atoms with Gasteiger partial charge in [0.05, 0.1) is 0 Å². The lowest BCUT2D eigenvalue weighted by atomic mass is 10.0. The molecule has 0 radical (unpaired) electrons. The Morgan fingerprint density at radius 2 is 1.84 bits per heavy atom. The number of hydrogen-bond donors (Lipinski definition) is 0. The zero-order chi connectivity index (χ0) is 12.8. The van der Waals surface area contributed by atoms with Crippen molar-refractivity contribution in [2.75, 3.05) is 13.1 Å². The molecule has 2 aliphatic rings. The highest BCUT2D eigenvalue weighted by atomic mass is 19.1. The third kappa shape index (κ3) is 1.70. The summed E-state index contributed by atoms with van der Waals surface area (Å²) in [6.45, 7) is 2.38. The van der Waals surface area contributed by atoms with Gasteiger partial charge in [0, 0.05) is 11.4 Å². The summed E-state index contributed by atoms with van der Waals surface area (Å²) in [6, 6.07) is 10.2. The van der Waals surface area contributed by atoms with Gasteiger partial charge in [0.15, 0.2) is 0 Å². The second-order valence-electron chi connectivity index (χ2n) is 5.79. The molecule has 0 bridgehead atoms. The molecule has 1 fully saturated rings. The molecule has 0 saturated carbocycles. The molecule has 1 atom stereocenters. The number of piperidine rings is 1. The number of nitrogens with zero attached hydrogens (tertiary/aromatic N) is 1. The van der Waals surface area contributed by atoms with Crippen LogP contribution in [-0.4, -0.2) is 18.0 Å². The molecule has 1 saturated heterocycles. The quantitative estimate of drug-likeness (QED) is 0.742. The normalized spacial score (nSPS) is 23.1. The van der Waals surface area contributed by atoms with E-state index in [1.807, 2.05) is 18.2 Å². The van der Waals surface area contributed by atoms with Crippen LogP contribution in [0.1, 0.15) is 36.4 Å². The van der Waals surface area contributed by atoms with E-state index in [0.717, 1.165) is 11.8 Å². The van der Waals surface area contributed by atoms with Crippen LogP contribution in [0.3, 0.4) is 0 Å². The lowest BCUT2D eigenvalue weighted by Crippen LogP contribution is -2.33. The summed E-state index contributed by atoms with van der Waals surface area (Å²) in [5.74, 6) is -0.0834. The highest BCUT2D eigenvalue weighted by Crippen LogP contribution is 2.41. The van der Waals surface area contributed by atoms with E-state index in [2.05, 4.69) is 11.0 Å². The third-order valence-corrected chi connectivity index (χ3v) is 4.71. The van der Waals surface area contributed by atoms with E-state index in [4.69, 9.17) is 0 Å². The average Bonchev–Trinajstić information content (AvgIpc) is 2.84. The number of likely N-dealkylation sites (tertiary alicyclic amines) is 1. The molecule has 19 heavy (non-hydrogen) atoms. The number of benzene rings is 2. The van der Waals surface area contributed by atoms with Gasteiger partial charge in [-0.1, -0.05) is 30.7 Å². The Bertz CT molecular complexity index is 628. The Labute approximate surface area is 113 Å². The summed E-state index contributed by atoms with van der Waals surface area (Å²) in [4.78, 5) is 2.59. The molecule has 1 unspecified atom stereocenters. The highest BCUT2D eigenvalue weighted by Gasteiger charge is 2.30. The molecule has 0 N–H and O–H groups in total. The Morgan fingerprint density at radius 3 is 2.68 bits per heavy atom. The largest absolute Gasteiger partial charge is 0.296 e. The molecular formula is C17H18FN. The van der Waals surface area contributed by atoms with E-state index < -0.39 is 0 Å². The van der Waals surface area contributed by atoms with Gasteiger partial charge in [-0.3, -0.25) is 4.90 Å². The summed E-state index contributed by atoms with van der Waals surface area (Å²) in [5, 5.41) is 1.98. The first-order valence-corrected chi connectivity index (χ1v) is 7.28. The van der Waals surface area contributed by atoms with Crippen LogP contribution in [0.5, 0.6) is 0 Å². The Balaban J connectivity index is 1.83. The van der Waals surface area contributed by atoms with Crippen LogP contribution in [0.15, 0.2) is 30.3 Å². The molecule has 1 aliphatic heterocycles. The van der Waals surface area contributed by atoms with Crippen molar-refractivity contribution in [3.8, 4) is 0 Å². The molecule has 0 amide bonds. The fourth-order valence-corrected chi connectivity index (χ4v) is 3.80. The Kier molecular flexibility index (Phi) is 2.59. The van der Waals surface area contributed by atoms with E-state index >= 15 is 0 Å². The Hall–Kier alpha value is -1.41. The molecule has 2 heteroatoms. The van der Waals surface area contributed by atoms with E-state index in [1.54, 1.807) is 6.07 Å². The van der Waals surface area contributed by atoms with Crippen molar-refractivity contribution in [1.82, 2.24) is 4.90 Å². The van der Waals surface area contributed by atoms with Gasteiger partial charge in [-0.2, -0.15) is 0 Å². The summed E-state index contributed by atoms with van der Waals surface area (Å²) in [7, 11) is 0. The summed E-state index contributed by atoms with van der Waals surface area (Å²) >= 11 is 0. The fraction of sp³-hybridized carbons (Fsp3) is 0.412. The first kappa shape index (κ1) is 11.4. The summed E-state index contributed by atoms with van der Waals surface area (Å²) < 4.78 is 13.9. The van der Waals surface area contributed by atoms with Gasteiger partial charge in [0.2, 0.25) is 0 Å². The minimum Gasteiger partial charge on any atom is -0.296 e. The third-order valence-electron chi connectivity index (χ3n) is 4.71. The molecule has 1 heterocycles. The highest BCUT2D eigenvalue weighted by molar-refractivity contribution is 5.91. The minimum atomic E-state index is -0.0834. The topological polar surface area (TPSA) is 3.24 Å². The van der Waals surface area contributed by atoms with Crippen LogP contribution < -0.4 is 0 Å². The van der Waals surface area contributed by atoms with Crippen molar-refractivity contribution in [1.29, 1.82) is 0 Å². The first-order chi connectivity index (χ1) is 9.34. The van der Waals surface area contributed by atoms with Gasteiger partial charge in [-0.15, -0.1) is 0 Å². The SMILES string of the molecule is Fc1ccc2c3c(cccc13)C(N1CCCCC1)C2. The second kappa shape index (κ2) is 4.31.